The Kier molecular flexibility index (Phi) is 4.53. The van der Waals surface area contributed by atoms with Gasteiger partial charge in [-0.1, -0.05) is 40.6 Å². The van der Waals surface area contributed by atoms with Crippen molar-refractivity contribution in [2.75, 3.05) is 0 Å². The van der Waals surface area contributed by atoms with E-state index >= 15 is 0 Å². The zero-order chi connectivity index (χ0) is 18.7. The molecule has 0 bridgehead atoms. The molecule has 141 valence electrons. The molecule has 0 aliphatic rings. The molecule has 5 rings (SSSR count). The minimum Gasteiger partial charge on any atom is -0.355 e. The Morgan fingerprint density at radius 1 is 0.964 bits per heavy atom. The van der Waals surface area contributed by atoms with Gasteiger partial charge in [-0.25, -0.2) is 4.40 Å². The Balaban J connectivity index is 0.00000192. The molecule has 0 unspecified atom stereocenters. The Morgan fingerprint density at radius 2 is 1.71 bits per heavy atom. The molecule has 2 aromatic heterocycles. The molecule has 0 amide bonds. The zero-order valence-corrected chi connectivity index (χ0v) is 18.6. The van der Waals surface area contributed by atoms with Crippen LogP contribution in [-0.2, 0) is 20.1 Å². The molecule has 3 heteroatoms. The van der Waals surface area contributed by atoms with Crippen molar-refractivity contribution in [1.29, 1.82) is 0 Å². The minimum absolute atomic E-state index is 0. The maximum atomic E-state index is 4.14. The van der Waals surface area contributed by atoms with Gasteiger partial charge in [-0.05, 0) is 61.5 Å². The molecule has 0 N–H and O–H groups in total. The molecule has 3 aromatic carbocycles. The van der Waals surface area contributed by atoms with Crippen LogP contribution in [0.1, 0.15) is 16.7 Å². The van der Waals surface area contributed by atoms with Crippen LogP contribution >= 0.6 is 0 Å². The third-order valence-corrected chi connectivity index (χ3v) is 5.49. The number of rotatable bonds is 1. The summed E-state index contributed by atoms with van der Waals surface area (Å²) in [4.78, 5) is 0. The summed E-state index contributed by atoms with van der Waals surface area (Å²) in [6.07, 6.45) is 4.07. The van der Waals surface area contributed by atoms with E-state index in [-0.39, 0.29) is 20.1 Å². The van der Waals surface area contributed by atoms with Gasteiger partial charge in [0.05, 0.1) is 6.20 Å². The minimum atomic E-state index is 0. The first-order valence-electron chi connectivity index (χ1n) is 9.22. The zero-order valence-electron chi connectivity index (χ0n) is 16.2. The molecule has 28 heavy (non-hydrogen) atoms. The summed E-state index contributed by atoms with van der Waals surface area (Å²) in [6, 6.07) is 20.9. The van der Waals surface area contributed by atoms with E-state index in [2.05, 4.69) is 86.9 Å². The van der Waals surface area contributed by atoms with Crippen LogP contribution in [0.2, 0.25) is 0 Å². The van der Waals surface area contributed by atoms with Crippen LogP contribution in [0, 0.1) is 33.9 Å². The molecule has 0 spiro atoms. The molecule has 2 heterocycles. The second-order valence-corrected chi connectivity index (χ2v) is 7.43. The van der Waals surface area contributed by atoms with Gasteiger partial charge in [-0.15, -0.1) is 24.3 Å². The monoisotopic (exact) mass is 542 g/mol. The van der Waals surface area contributed by atoms with E-state index in [1.54, 1.807) is 0 Å². The van der Waals surface area contributed by atoms with Crippen molar-refractivity contribution >= 4 is 27.3 Å². The number of nitrogens with zero attached hydrogens (tertiary/aromatic N) is 2. The Labute approximate surface area is 178 Å². The van der Waals surface area contributed by atoms with Gasteiger partial charge in [0.1, 0.15) is 5.52 Å². The predicted molar refractivity (Wildman–Crippen MR) is 112 cm³/mol. The fourth-order valence-corrected chi connectivity index (χ4v) is 4.48. The third-order valence-electron chi connectivity index (χ3n) is 5.49. The van der Waals surface area contributed by atoms with Gasteiger partial charge in [-0.3, -0.25) is 0 Å². The van der Waals surface area contributed by atoms with E-state index in [0.29, 0.717) is 0 Å². The fraction of sp³-hybridized carbons (Fsp3) is 0.120. The van der Waals surface area contributed by atoms with Gasteiger partial charge < -0.3 is 4.57 Å². The molecule has 0 aliphatic heterocycles. The average Bonchev–Trinajstić information content (AvgIpc) is 3.03. The largest absolute Gasteiger partial charge is 0.355 e. The van der Waals surface area contributed by atoms with Crippen molar-refractivity contribution in [3.63, 3.8) is 0 Å². The molecule has 5 aromatic rings. The van der Waals surface area contributed by atoms with Gasteiger partial charge in [0.15, 0.2) is 5.65 Å². The first-order valence-corrected chi connectivity index (χ1v) is 9.22. The van der Waals surface area contributed by atoms with Crippen molar-refractivity contribution < 1.29 is 24.7 Å². The molecule has 0 saturated heterocycles. The van der Waals surface area contributed by atoms with Crippen LogP contribution in [0.5, 0.6) is 0 Å². The van der Waals surface area contributed by atoms with E-state index in [1.807, 2.05) is 16.8 Å². The molecular weight excluding hydrogens is 521 g/mol. The SMILES string of the molecule is [CH2-][n+]1ccn2c3ccc(-c4c(C)cc(C)cc4C)cc3c3ccc[c-]c3c21.[Ir]. The summed E-state index contributed by atoms with van der Waals surface area (Å²) in [5, 5.41) is 3.54. The van der Waals surface area contributed by atoms with E-state index < -0.39 is 0 Å². The number of aryl methyl sites for hydroxylation is 3. The molecule has 2 nitrogen and oxygen atoms in total. The van der Waals surface area contributed by atoms with Crippen LogP contribution in [0.3, 0.4) is 0 Å². The number of aromatic nitrogens is 2. The fourth-order valence-electron chi connectivity index (χ4n) is 4.48. The van der Waals surface area contributed by atoms with Crippen LogP contribution in [0.15, 0.2) is 60.9 Å². The number of hydrogen-bond donors (Lipinski definition) is 0. The van der Waals surface area contributed by atoms with Crippen LogP contribution in [0.25, 0.3) is 38.4 Å². The topological polar surface area (TPSA) is 8.29 Å². The molecule has 0 atom stereocenters. The summed E-state index contributed by atoms with van der Waals surface area (Å²) in [5.74, 6) is 0. The van der Waals surface area contributed by atoms with Crippen molar-refractivity contribution in [3.8, 4) is 11.1 Å². The van der Waals surface area contributed by atoms with Gasteiger partial charge in [-0.2, -0.15) is 0 Å². The van der Waals surface area contributed by atoms with E-state index in [1.165, 1.54) is 44.1 Å². The number of pyridine rings is 1. The van der Waals surface area contributed by atoms with E-state index in [9.17, 15) is 0 Å². The molecular formula is C25H21IrN2-. The summed E-state index contributed by atoms with van der Waals surface area (Å²) >= 11 is 0. The van der Waals surface area contributed by atoms with Crippen LogP contribution < -0.4 is 4.57 Å². The maximum absolute atomic E-state index is 4.14. The standard InChI is InChI=1S/C25H21N2.Ir/c1-16-13-17(2)24(18(3)14-16)19-9-10-23-22(15-19)20-7-5-6-8-21(20)25-26(4)11-12-27(23)25;/h5-7,9-15H,4H2,1-3H3;/q-1;. The predicted octanol–water partition coefficient (Wildman–Crippen LogP) is 5.56. The Morgan fingerprint density at radius 3 is 2.46 bits per heavy atom. The van der Waals surface area contributed by atoms with Crippen LogP contribution in [0.4, 0.5) is 0 Å². The van der Waals surface area contributed by atoms with Crippen LogP contribution in [-0.4, -0.2) is 4.40 Å². The second-order valence-electron chi connectivity index (χ2n) is 7.43. The smallest absolute Gasteiger partial charge is 0.194 e. The van der Waals surface area contributed by atoms with Crippen molar-refractivity contribution in [2.24, 2.45) is 0 Å². The number of imidazole rings is 1. The van der Waals surface area contributed by atoms with Gasteiger partial charge in [0, 0.05) is 26.3 Å². The van der Waals surface area contributed by atoms with Crippen molar-refractivity contribution in [3.05, 3.63) is 90.7 Å². The summed E-state index contributed by atoms with van der Waals surface area (Å²) < 4.78 is 4.13. The Bertz CT molecular complexity index is 1340. The summed E-state index contributed by atoms with van der Waals surface area (Å²) in [7, 11) is 4.14. The average molecular weight is 542 g/mol. The van der Waals surface area contributed by atoms with Gasteiger partial charge >= 0.3 is 0 Å². The van der Waals surface area contributed by atoms with Gasteiger partial charge in [0.25, 0.3) is 0 Å². The molecule has 1 radical (unpaired) electrons. The summed E-state index contributed by atoms with van der Waals surface area (Å²) in [5.41, 5.74) is 8.79. The maximum Gasteiger partial charge on any atom is 0.194 e. The van der Waals surface area contributed by atoms with E-state index in [0.717, 1.165) is 11.0 Å². The normalized spacial score (nSPS) is 11.2. The van der Waals surface area contributed by atoms with E-state index in [4.69, 9.17) is 0 Å². The van der Waals surface area contributed by atoms with Crippen molar-refractivity contribution in [2.45, 2.75) is 20.8 Å². The molecule has 0 aliphatic carbocycles. The number of hydrogen-bond acceptors (Lipinski definition) is 0. The second kappa shape index (κ2) is 6.77. The summed E-state index contributed by atoms with van der Waals surface area (Å²) in [6.45, 7) is 6.56. The van der Waals surface area contributed by atoms with Gasteiger partial charge in [0.2, 0.25) is 0 Å². The number of benzene rings is 3. The number of fused-ring (bicyclic) bond motifs is 6. The first kappa shape index (κ1) is 18.7. The Hall–Kier alpha value is -2.61. The van der Waals surface area contributed by atoms with Crippen molar-refractivity contribution in [1.82, 2.24) is 4.40 Å². The third kappa shape index (κ3) is 2.66. The molecule has 0 saturated carbocycles. The quantitative estimate of drug-likeness (QED) is 0.149. The first-order chi connectivity index (χ1) is 13.0. The molecule has 0 fully saturated rings.